The number of benzene rings is 1. The highest BCUT2D eigenvalue weighted by Gasteiger charge is 2.31. The number of aryl methyl sites for hydroxylation is 1. The lowest BCUT2D eigenvalue weighted by atomic mass is 9.91. The number of Topliss-reactive ketones (excluding diaryl/α,β-unsaturated/α-hetero) is 1. The second-order valence-corrected chi connectivity index (χ2v) is 6.62. The Bertz CT molecular complexity index is 708. The third-order valence-corrected chi connectivity index (χ3v) is 4.24. The first kappa shape index (κ1) is 18.2. The van der Waals surface area contributed by atoms with E-state index in [4.69, 9.17) is 4.74 Å². The first-order chi connectivity index (χ1) is 11.4. The van der Waals surface area contributed by atoms with E-state index in [1.807, 2.05) is 25.3 Å². The molecule has 24 heavy (non-hydrogen) atoms. The van der Waals surface area contributed by atoms with E-state index in [1.165, 1.54) is 6.20 Å². The number of carbonyl (C=O) groups excluding carboxylic acids is 2. The average molecular weight is 343 g/mol. The zero-order chi connectivity index (χ0) is 17.7. The Balaban J connectivity index is 2.39. The Hall–Kier alpha value is -2.14. The number of hydrogen-bond acceptors (Lipinski definition) is 5. The van der Waals surface area contributed by atoms with E-state index in [-0.39, 0.29) is 11.9 Å². The van der Waals surface area contributed by atoms with Crippen LogP contribution < -0.4 is 0 Å². The molecule has 0 aliphatic heterocycles. The second kappa shape index (κ2) is 8.11. The first-order valence-corrected chi connectivity index (χ1v) is 8.96. The molecule has 0 saturated carbocycles. The fourth-order valence-electron chi connectivity index (χ4n) is 2.27. The Labute approximate surface area is 146 Å². The maximum Gasteiger partial charge on any atom is 0.321 e. The number of hydrogen-bond donors (Lipinski definition) is 0. The van der Waals surface area contributed by atoms with Crippen LogP contribution in [-0.4, -0.2) is 29.1 Å². The number of pyridine rings is 1. The number of ether oxygens (including phenoxy) is 1. The monoisotopic (exact) mass is 343 g/mol. The maximum absolute atomic E-state index is 12.9. The third-order valence-electron chi connectivity index (χ3n) is 3.49. The molecule has 5 heteroatoms. The summed E-state index contributed by atoms with van der Waals surface area (Å²) in [5, 5.41) is 0. The number of thioether (sulfide) groups is 1. The number of aromatic nitrogens is 1. The molecule has 0 radical (unpaired) electrons. The molecule has 1 atom stereocenters. The summed E-state index contributed by atoms with van der Waals surface area (Å²) in [5.74, 6) is -1.81. The molecule has 0 spiro atoms. The lowest BCUT2D eigenvalue weighted by molar-refractivity contribution is -0.147. The molecule has 1 unspecified atom stereocenters. The van der Waals surface area contributed by atoms with Crippen LogP contribution in [0.3, 0.4) is 0 Å². The summed E-state index contributed by atoms with van der Waals surface area (Å²) < 4.78 is 5.30. The van der Waals surface area contributed by atoms with Gasteiger partial charge in [0.25, 0.3) is 0 Å². The molecule has 1 aromatic heterocycles. The van der Waals surface area contributed by atoms with Crippen molar-refractivity contribution in [3.63, 3.8) is 0 Å². The van der Waals surface area contributed by atoms with Gasteiger partial charge in [0.05, 0.1) is 6.10 Å². The topological polar surface area (TPSA) is 56.3 Å². The van der Waals surface area contributed by atoms with E-state index in [0.717, 1.165) is 10.6 Å². The van der Waals surface area contributed by atoms with E-state index >= 15 is 0 Å². The van der Waals surface area contributed by atoms with E-state index in [0.29, 0.717) is 11.1 Å². The smallest absolute Gasteiger partial charge is 0.321 e. The molecule has 1 heterocycles. The van der Waals surface area contributed by atoms with E-state index < -0.39 is 11.9 Å². The van der Waals surface area contributed by atoms with Crippen LogP contribution in [0.15, 0.2) is 47.5 Å². The van der Waals surface area contributed by atoms with Gasteiger partial charge in [0, 0.05) is 22.3 Å². The largest absolute Gasteiger partial charge is 0.462 e. The van der Waals surface area contributed by atoms with Crippen LogP contribution in [0.1, 0.15) is 41.4 Å². The first-order valence-electron chi connectivity index (χ1n) is 7.73. The van der Waals surface area contributed by atoms with Gasteiger partial charge in [-0.1, -0.05) is 12.1 Å². The van der Waals surface area contributed by atoms with Crippen molar-refractivity contribution in [3.05, 3.63) is 59.4 Å². The average Bonchev–Trinajstić information content (AvgIpc) is 2.55. The summed E-state index contributed by atoms with van der Waals surface area (Å²) >= 11 is 1.60. The quantitative estimate of drug-likeness (QED) is 0.343. The standard InChI is InChI=1S/C19H21NO3S/c1-12(2)23-19(22)17(14-7-9-16(24-4)10-8-14)18(21)15-6-5-13(3)20-11-15/h5-12,17H,1-4H3. The van der Waals surface area contributed by atoms with Crippen LogP contribution >= 0.6 is 11.8 Å². The van der Waals surface area contributed by atoms with E-state index in [9.17, 15) is 9.59 Å². The number of nitrogens with zero attached hydrogens (tertiary/aromatic N) is 1. The highest BCUT2D eigenvalue weighted by Crippen LogP contribution is 2.25. The normalized spacial score (nSPS) is 12.0. The van der Waals surface area contributed by atoms with Crippen LogP contribution in [0.5, 0.6) is 0 Å². The second-order valence-electron chi connectivity index (χ2n) is 5.74. The molecule has 0 aliphatic rings. The number of rotatable bonds is 6. The van der Waals surface area contributed by atoms with Gasteiger partial charge in [0.2, 0.25) is 0 Å². The van der Waals surface area contributed by atoms with Crippen LogP contribution in [0, 0.1) is 6.92 Å². The minimum atomic E-state index is -0.979. The SMILES string of the molecule is CSc1ccc(C(C(=O)OC(C)C)C(=O)c2ccc(C)nc2)cc1. The third kappa shape index (κ3) is 4.45. The van der Waals surface area contributed by atoms with Crippen molar-refractivity contribution in [1.29, 1.82) is 0 Å². The van der Waals surface area contributed by atoms with Gasteiger partial charge >= 0.3 is 5.97 Å². The highest BCUT2D eigenvalue weighted by atomic mass is 32.2. The Kier molecular flexibility index (Phi) is 6.15. The highest BCUT2D eigenvalue weighted by molar-refractivity contribution is 7.98. The maximum atomic E-state index is 12.9. The van der Waals surface area contributed by atoms with Crippen LogP contribution in [-0.2, 0) is 9.53 Å². The van der Waals surface area contributed by atoms with E-state index in [1.54, 1.807) is 49.9 Å². The molecule has 0 fully saturated rings. The molecular formula is C19H21NO3S. The van der Waals surface area contributed by atoms with Crippen LogP contribution in [0.2, 0.25) is 0 Å². The van der Waals surface area contributed by atoms with Gasteiger partial charge in [-0.25, -0.2) is 0 Å². The van der Waals surface area contributed by atoms with Crippen molar-refractivity contribution < 1.29 is 14.3 Å². The fourth-order valence-corrected chi connectivity index (χ4v) is 2.68. The van der Waals surface area contributed by atoms with Gasteiger partial charge in [-0.3, -0.25) is 14.6 Å². The number of esters is 1. The van der Waals surface area contributed by atoms with Crippen LogP contribution in [0.4, 0.5) is 0 Å². The molecule has 0 amide bonds. The Morgan fingerprint density at radius 1 is 1.08 bits per heavy atom. The molecule has 1 aromatic carbocycles. The summed E-state index contributed by atoms with van der Waals surface area (Å²) in [6.45, 7) is 5.38. The van der Waals surface area contributed by atoms with Gasteiger partial charge < -0.3 is 4.74 Å². The molecule has 0 saturated heterocycles. The number of carbonyl (C=O) groups is 2. The van der Waals surface area contributed by atoms with Gasteiger partial charge in [0.15, 0.2) is 5.78 Å². The molecule has 126 valence electrons. The summed E-state index contributed by atoms with van der Waals surface area (Å²) in [7, 11) is 0. The van der Waals surface area contributed by atoms with Crippen molar-refractivity contribution in [3.8, 4) is 0 Å². The van der Waals surface area contributed by atoms with Gasteiger partial charge in [0.1, 0.15) is 5.92 Å². The predicted molar refractivity (Wildman–Crippen MR) is 95.5 cm³/mol. The molecule has 0 aliphatic carbocycles. The number of ketones is 1. The predicted octanol–water partition coefficient (Wildman–Crippen LogP) is 4.03. The minimum absolute atomic E-state index is 0.283. The zero-order valence-electron chi connectivity index (χ0n) is 14.3. The molecule has 0 bridgehead atoms. The lowest BCUT2D eigenvalue weighted by Crippen LogP contribution is -2.26. The Morgan fingerprint density at radius 2 is 1.75 bits per heavy atom. The molecule has 2 aromatic rings. The van der Waals surface area contributed by atoms with Crippen molar-refractivity contribution in [2.45, 2.75) is 37.7 Å². The molecule has 2 rings (SSSR count). The summed E-state index contributed by atoms with van der Waals surface area (Å²) in [5.41, 5.74) is 1.85. The minimum Gasteiger partial charge on any atom is -0.462 e. The van der Waals surface area contributed by atoms with Gasteiger partial charge in [-0.2, -0.15) is 0 Å². The van der Waals surface area contributed by atoms with E-state index in [2.05, 4.69) is 4.98 Å². The molecule has 0 N–H and O–H groups in total. The van der Waals surface area contributed by atoms with Crippen molar-refractivity contribution in [2.24, 2.45) is 0 Å². The summed E-state index contributed by atoms with van der Waals surface area (Å²) in [6, 6.07) is 10.9. The lowest BCUT2D eigenvalue weighted by Gasteiger charge is -2.17. The van der Waals surface area contributed by atoms with Gasteiger partial charge in [-0.05, 0) is 56.9 Å². The zero-order valence-corrected chi connectivity index (χ0v) is 15.1. The van der Waals surface area contributed by atoms with Crippen molar-refractivity contribution in [2.75, 3.05) is 6.26 Å². The molecule has 4 nitrogen and oxygen atoms in total. The summed E-state index contributed by atoms with van der Waals surface area (Å²) in [6.07, 6.45) is 3.20. The van der Waals surface area contributed by atoms with Crippen LogP contribution in [0.25, 0.3) is 0 Å². The fraction of sp³-hybridized carbons (Fsp3) is 0.316. The Morgan fingerprint density at radius 3 is 2.25 bits per heavy atom. The van der Waals surface area contributed by atoms with Crippen molar-refractivity contribution >= 4 is 23.5 Å². The molecular weight excluding hydrogens is 322 g/mol. The summed E-state index contributed by atoms with van der Waals surface area (Å²) in [4.78, 5) is 30.6. The van der Waals surface area contributed by atoms with Gasteiger partial charge in [-0.15, -0.1) is 11.8 Å². The van der Waals surface area contributed by atoms with Crippen molar-refractivity contribution in [1.82, 2.24) is 4.98 Å².